The van der Waals surface area contributed by atoms with Crippen molar-refractivity contribution < 1.29 is 15.0 Å². The maximum absolute atomic E-state index is 11.2. The van der Waals surface area contributed by atoms with Gasteiger partial charge >= 0.3 is 0 Å². The number of amides is 1. The standard InChI is InChI=1S/C11H13NO3/c1-2-12-8(11(12)15)5-7-3-4-9(13)10(14)6-7/h3-4,6,8,13-14H,2,5H2,1H3. The second kappa shape index (κ2) is 3.46. The van der Waals surface area contributed by atoms with Gasteiger partial charge < -0.3 is 15.1 Å². The lowest BCUT2D eigenvalue weighted by Gasteiger charge is -2.02. The molecule has 1 amide bonds. The second-order valence-electron chi connectivity index (χ2n) is 3.67. The van der Waals surface area contributed by atoms with Gasteiger partial charge in [0.15, 0.2) is 11.5 Å². The van der Waals surface area contributed by atoms with E-state index in [4.69, 9.17) is 5.11 Å². The lowest BCUT2D eigenvalue weighted by molar-refractivity contribution is -0.113. The number of phenolic OH excluding ortho intramolecular Hbond substituents is 2. The van der Waals surface area contributed by atoms with E-state index in [1.807, 2.05) is 6.92 Å². The largest absolute Gasteiger partial charge is 0.504 e. The molecule has 1 aromatic carbocycles. The van der Waals surface area contributed by atoms with Gasteiger partial charge in [-0.1, -0.05) is 6.07 Å². The number of rotatable bonds is 3. The van der Waals surface area contributed by atoms with Crippen LogP contribution < -0.4 is 0 Å². The number of aromatic hydroxyl groups is 2. The summed E-state index contributed by atoms with van der Waals surface area (Å²) < 4.78 is 0. The molecule has 1 unspecified atom stereocenters. The predicted octanol–water partition coefficient (Wildman–Crippen LogP) is 0.871. The van der Waals surface area contributed by atoms with E-state index in [2.05, 4.69) is 0 Å². The summed E-state index contributed by atoms with van der Waals surface area (Å²) in [5.41, 5.74) is 0.861. The fourth-order valence-electron chi connectivity index (χ4n) is 1.75. The van der Waals surface area contributed by atoms with Crippen molar-refractivity contribution in [1.82, 2.24) is 4.90 Å². The third-order valence-corrected chi connectivity index (χ3v) is 2.69. The van der Waals surface area contributed by atoms with Crippen LogP contribution >= 0.6 is 0 Å². The van der Waals surface area contributed by atoms with Crippen molar-refractivity contribution >= 4 is 5.91 Å². The average Bonchev–Trinajstić information content (AvgIpc) is 2.82. The molecule has 80 valence electrons. The molecule has 4 heteroatoms. The number of hydrogen-bond donors (Lipinski definition) is 2. The molecule has 0 aromatic heterocycles. The maximum atomic E-state index is 11.2. The zero-order chi connectivity index (χ0) is 11.0. The van der Waals surface area contributed by atoms with Crippen LogP contribution in [-0.2, 0) is 11.2 Å². The van der Waals surface area contributed by atoms with E-state index in [1.165, 1.54) is 12.1 Å². The van der Waals surface area contributed by atoms with Gasteiger partial charge in [0.05, 0.1) is 0 Å². The van der Waals surface area contributed by atoms with Crippen LogP contribution in [0.2, 0.25) is 0 Å². The average molecular weight is 207 g/mol. The third-order valence-electron chi connectivity index (χ3n) is 2.69. The topological polar surface area (TPSA) is 60.5 Å². The summed E-state index contributed by atoms with van der Waals surface area (Å²) in [5.74, 6) is -0.109. The maximum Gasteiger partial charge on any atom is 0.246 e. The lowest BCUT2D eigenvalue weighted by Crippen LogP contribution is -2.03. The summed E-state index contributed by atoms with van der Waals surface area (Å²) in [7, 11) is 0. The number of benzene rings is 1. The first-order valence-corrected chi connectivity index (χ1v) is 4.94. The highest BCUT2D eigenvalue weighted by atomic mass is 16.3. The monoisotopic (exact) mass is 207 g/mol. The molecule has 1 saturated heterocycles. The number of carbonyl (C=O) groups excluding carboxylic acids is 1. The van der Waals surface area contributed by atoms with E-state index in [0.717, 1.165) is 12.1 Å². The predicted molar refractivity (Wildman–Crippen MR) is 54.7 cm³/mol. The Bertz CT molecular complexity index is 403. The lowest BCUT2D eigenvalue weighted by atomic mass is 10.1. The van der Waals surface area contributed by atoms with Crippen LogP contribution in [-0.4, -0.2) is 33.6 Å². The van der Waals surface area contributed by atoms with Crippen LogP contribution in [0.3, 0.4) is 0 Å². The summed E-state index contributed by atoms with van der Waals surface area (Å²) in [6.45, 7) is 2.67. The van der Waals surface area contributed by atoms with E-state index >= 15 is 0 Å². The fraction of sp³-hybridized carbons (Fsp3) is 0.364. The Morgan fingerprint density at radius 1 is 1.33 bits per heavy atom. The van der Waals surface area contributed by atoms with Gasteiger partial charge in [-0.25, -0.2) is 0 Å². The third kappa shape index (κ3) is 1.75. The Balaban J connectivity index is 2.06. The molecule has 1 atom stereocenters. The van der Waals surface area contributed by atoms with Gasteiger partial charge in [-0.3, -0.25) is 4.79 Å². The van der Waals surface area contributed by atoms with Crippen molar-refractivity contribution in [3.05, 3.63) is 23.8 Å². The number of carbonyl (C=O) groups is 1. The van der Waals surface area contributed by atoms with Crippen molar-refractivity contribution in [2.45, 2.75) is 19.4 Å². The van der Waals surface area contributed by atoms with Crippen LogP contribution in [0.5, 0.6) is 11.5 Å². The van der Waals surface area contributed by atoms with Gasteiger partial charge in [-0.05, 0) is 24.6 Å². The van der Waals surface area contributed by atoms with Gasteiger partial charge in [-0.15, -0.1) is 0 Å². The van der Waals surface area contributed by atoms with E-state index < -0.39 is 0 Å². The van der Waals surface area contributed by atoms with Gasteiger partial charge in [-0.2, -0.15) is 0 Å². The highest BCUT2D eigenvalue weighted by Gasteiger charge is 2.43. The van der Waals surface area contributed by atoms with E-state index in [-0.39, 0.29) is 23.4 Å². The Hall–Kier alpha value is -1.71. The van der Waals surface area contributed by atoms with Crippen molar-refractivity contribution in [2.24, 2.45) is 0 Å². The molecular formula is C11H13NO3. The molecule has 2 rings (SSSR count). The normalized spacial score (nSPS) is 19.4. The smallest absolute Gasteiger partial charge is 0.246 e. The van der Waals surface area contributed by atoms with E-state index in [1.54, 1.807) is 11.0 Å². The first-order valence-electron chi connectivity index (χ1n) is 4.94. The summed E-state index contributed by atoms with van der Waals surface area (Å²) in [5, 5.41) is 18.4. The van der Waals surface area contributed by atoms with E-state index in [0.29, 0.717) is 6.42 Å². The Labute approximate surface area is 87.8 Å². The van der Waals surface area contributed by atoms with Gasteiger partial charge in [0.25, 0.3) is 0 Å². The summed E-state index contributed by atoms with van der Waals surface area (Å²) in [6, 6.07) is 4.61. The van der Waals surface area contributed by atoms with Gasteiger partial charge in [0.1, 0.15) is 6.04 Å². The Kier molecular flexibility index (Phi) is 2.26. The molecule has 0 radical (unpaired) electrons. The molecule has 2 N–H and O–H groups in total. The molecular weight excluding hydrogens is 194 g/mol. The number of hydrogen-bond acceptors (Lipinski definition) is 3. The van der Waals surface area contributed by atoms with Gasteiger partial charge in [0.2, 0.25) is 5.91 Å². The highest BCUT2D eigenvalue weighted by molar-refractivity contribution is 5.97. The minimum absolute atomic E-state index is 0.0426. The molecule has 15 heavy (non-hydrogen) atoms. The van der Waals surface area contributed by atoms with Crippen LogP contribution in [0.1, 0.15) is 12.5 Å². The molecule has 0 bridgehead atoms. The molecule has 1 heterocycles. The molecule has 0 aliphatic carbocycles. The molecule has 1 aliphatic rings. The van der Waals surface area contributed by atoms with Crippen LogP contribution in [0, 0.1) is 0 Å². The molecule has 1 aliphatic heterocycles. The molecule has 1 aromatic rings. The molecule has 4 nitrogen and oxygen atoms in total. The second-order valence-corrected chi connectivity index (χ2v) is 3.67. The SMILES string of the molecule is CCN1C(=O)C1Cc1ccc(O)c(O)c1. The zero-order valence-corrected chi connectivity index (χ0v) is 8.47. The summed E-state index contributed by atoms with van der Waals surface area (Å²) >= 11 is 0. The molecule has 1 fully saturated rings. The fourth-order valence-corrected chi connectivity index (χ4v) is 1.75. The van der Waals surface area contributed by atoms with Gasteiger partial charge in [0, 0.05) is 13.0 Å². The highest BCUT2D eigenvalue weighted by Crippen LogP contribution is 2.29. The number of phenols is 2. The van der Waals surface area contributed by atoms with Crippen LogP contribution in [0.15, 0.2) is 18.2 Å². The van der Waals surface area contributed by atoms with Crippen LogP contribution in [0.4, 0.5) is 0 Å². The van der Waals surface area contributed by atoms with Crippen molar-refractivity contribution in [2.75, 3.05) is 6.54 Å². The van der Waals surface area contributed by atoms with E-state index in [9.17, 15) is 9.90 Å². The molecule has 0 saturated carbocycles. The van der Waals surface area contributed by atoms with Crippen LogP contribution in [0.25, 0.3) is 0 Å². The summed E-state index contributed by atoms with van der Waals surface area (Å²) in [4.78, 5) is 13.0. The number of likely N-dealkylation sites (N-methyl/N-ethyl adjacent to an activating group) is 1. The molecule has 0 spiro atoms. The minimum Gasteiger partial charge on any atom is -0.504 e. The number of nitrogens with zero attached hydrogens (tertiary/aromatic N) is 1. The minimum atomic E-state index is -0.136. The zero-order valence-electron chi connectivity index (χ0n) is 8.47. The quantitative estimate of drug-likeness (QED) is 0.571. The van der Waals surface area contributed by atoms with Crippen molar-refractivity contribution in [1.29, 1.82) is 0 Å². The Morgan fingerprint density at radius 3 is 2.60 bits per heavy atom. The van der Waals surface area contributed by atoms with Crippen molar-refractivity contribution in [3.63, 3.8) is 0 Å². The summed E-state index contributed by atoms with van der Waals surface area (Å²) in [6.07, 6.45) is 0.598. The van der Waals surface area contributed by atoms with Crippen molar-refractivity contribution in [3.8, 4) is 11.5 Å². The first kappa shape index (κ1) is 9.83. The Morgan fingerprint density at radius 2 is 2.07 bits per heavy atom. The first-order chi connectivity index (χ1) is 7.13.